The number of carbonyl (C=O) groups is 3. The van der Waals surface area contributed by atoms with Gasteiger partial charge in [-0.2, -0.15) is 4.98 Å². The molecule has 0 bridgehead atoms. The smallest absolute Gasteiger partial charge is 0.291 e. The lowest BCUT2D eigenvalue weighted by Gasteiger charge is -2.51. The SMILES string of the molecule is CN1CCN(C(=O)c2nc(-n3cnnc3)n[nH]2)CC12CCOCC2.O=CO.O=CO. The molecule has 2 aliphatic rings. The van der Waals surface area contributed by atoms with Crippen LogP contribution >= 0.6 is 0 Å². The molecule has 14 nitrogen and oxygen atoms in total. The number of H-pyrrole nitrogens is 1. The molecule has 0 unspecified atom stereocenters. The second-order valence-corrected chi connectivity index (χ2v) is 6.55. The number of aromatic nitrogens is 6. The van der Waals surface area contributed by atoms with Crippen LogP contribution in [0.4, 0.5) is 0 Å². The number of carboxylic acid groups (broad SMARTS) is 2. The van der Waals surface area contributed by atoms with Gasteiger partial charge in [-0.3, -0.25) is 28.9 Å². The average molecular weight is 424 g/mol. The van der Waals surface area contributed by atoms with E-state index in [1.807, 2.05) is 4.90 Å². The molecule has 14 heteroatoms. The minimum absolute atomic E-state index is 0.00325. The topological polar surface area (TPSA) is 180 Å². The number of rotatable bonds is 2. The summed E-state index contributed by atoms with van der Waals surface area (Å²) >= 11 is 0. The van der Waals surface area contributed by atoms with Gasteiger partial charge in [-0.1, -0.05) is 0 Å². The third-order valence-electron chi connectivity index (χ3n) is 5.04. The predicted octanol–water partition coefficient (Wildman–Crippen LogP) is -1.28. The number of nitrogens with zero attached hydrogens (tertiary/aromatic N) is 7. The van der Waals surface area contributed by atoms with Crippen LogP contribution in [0.5, 0.6) is 0 Å². The van der Waals surface area contributed by atoms with E-state index in [0.717, 1.165) is 32.6 Å². The number of hydrogen-bond donors (Lipinski definition) is 3. The van der Waals surface area contributed by atoms with Crippen LogP contribution in [0.1, 0.15) is 23.5 Å². The third kappa shape index (κ3) is 5.36. The lowest BCUT2D eigenvalue weighted by atomic mass is 9.86. The summed E-state index contributed by atoms with van der Waals surface area (Å²) < 4.78 is 7.05. The standard InChI is InChI=1S/C14H20N8O2.2CH2O2/c1-20-4-5-21(8-14(20)2-6-24-7-3-14)12(23)11-17-13(19-18-11)22-9-15-16-10-22;2*2-1-3/h9-10H,2-8H2,1H3,(H,17,18,19);2*1H,(H,2,3). The first-order chi connectivity index (χ1) is 14.5. The molecule has 4 heterocycles. The molecule has 0 atom stereocenters. The summed E-state index contributed by atoms with van der Waals surface area (Å²) in [6.07, 6.45) is 4.86. The molecular weight excluding hydrogens is 400 g/mol. The highest BCUT2D eigenvalue weighted by Crippen LogP contribution is 2.31. The van der Waals surface area contributed by atoms with Gasteiger partial charge < -0.3 is 19.8 Å². The first-order valence-electron chi connectivity index (χ1n) is 9.02. The maximum Gasteiger partial charge on any atom is 0.291 e. The summed E-state index contributed by atoms with van der Waals surface area (Å²) in [5.41, 5.74) is 0.00325. The molecule has 164 valence electrons. The van der Waals surface area contributed by atoms with Crippen molar-refractivity contribution >= 4 is 18.9 Å². The van der Waals surface area contributed by atoms with Crippen LogP contribution in [0.15, 0.2) is 12.7 Å². The van der Waals surface area contributed by atoms with E-state index in [-0.39, 0.29) is 30.2 Å². The van der Waals surface area contributed by atoms with Crippen molar-refractivity contribution in [3.8, 4) is 5.95 Å². The van der Waals surface area contributed by atoms with E-state index in [9.17, 15) is 4.79 Å². The fourth-order valence-corrected chi connectivity index (χ4v) is 3.45. The van der Waals surface area contributed by atoms with Gasteiger partial charge in [-0.25, -0.2) is 0 Å². The van der Waals surface area contributed by atoms with E-state index >= 15 is 0 Å². The Bertz CT molecular complexity index is 799. The molecule has 2 saturated heterocycles. The molecule has 0 aromatic carbocycles. The molecule has 30 heavy (non-hydrogen) atoms. The zero-order valence-corrected chi connectivity index (χ0v) is 16.4. The number of carbonyl (C=O) groups excluding carboxylic acids is 1. The molecule has 2 aliphatic heterocycles. The number of piperazine rings is 1. The van der Waals surface area contributed by atoms with Crippen LogP contribution in [0, 0.1) is 0 Å². The van der Waals surface area contributed by atoms with E-state index < -0.39 is 0 Å². The number of nitrogens with one attached hydrogen (secondary N) is 1. The largest absolute Gasteiger partial charge is 0.483 e. The Morgan fingerprint density at radius 1 is 1.17 bits per heavy atom. The summed E-state index contributed by atoms with van der Waals surface area (Å²) in [5.74, 6) is 0.476. The second kappa shape index (κ2) is 11.0. The summed E-state index contributed by atoms with van der Waals surface area (Å²) in [6, 6.07) is 0. The maximum absolute atomic E-state index is 12.8. The van der Waals surface area contributed by atoms with E-state index in [0.29, 0.717) is 19.0 Å². The van der Waals surface area contributed by atoms with Gasteiger partial charge in [0.2, 0.25) is 5.82 Å². The van der Waals surface area contributed by atoms with Crippen LogP contribution in [0.3, 0.4) is 0 Å². The lowest BCUT2D eigenvalue weighted by Crippen LogP contribution is -2.63. The summed E-state index contributed by atoms with van der Waals surface area (Å²) in [4.78, 5) is 38.0. The molecule has 2 aromatic heterocycles. The molecule has 0 aliphatic carbocycles. The van der Waals surface area contributed by atoms with Gasteiger partial charge in [0.25, 0.3) is 24.8 Å². The second-order valence-electron chi connectivity index (χ2n) is 6.55. The number of amides is 1. The van der Waals surface area contributed by atoms with Crippen molar-refractivity contribution in [2.24, 2.45) is 0 Å². The van der Waals surface area contributed by atoms with Gasteiger partial charge in [0.1, 0.15) is 12.7 Å². The van der Waals surface area contributed by atoms with Gasteiger partial charge in [0.15, 0.2) is 0 Å². The summed E-state index contributed by atoms with van der Waals surface area (Å²) in [6.45, 7) is 3.20. The number of ether oxygens (including phenoxy) is 1. The quantitative estimate of drug-likeness (QED) is 0.489. The van der Waals surface area contributed by atoms with Crippen LogP contribution in [-0.4, -0.2) is 114 Å². The third-order valence-corrected chi connectivity index (χ3v) is 5.04. The van der Waals surface area contributed by atoms with Crippen molar-refractivity contribution in [2.45, 2.75) is 18.4 Å². The zero-order chi connectivity index (χ0) is 22.0. The normalized spacial score (nSPS) is 17.8. The van der Waals surface area contributed by atoms with Crippen LogP contribution < -0.4 is 0 Å². The number of likely N-dealkylation sites (N-methyl/N-ethyl adjacent to an activating group) is 1. The van der Waals surface area contributed by atoms with Gasteiger partial charge in [-0.15, -0.1) is 15.3 Å². The highest BCUT2D eigenvalue weighted by molar-refractivity contribution is 5.90. The van der Waals surface area contributed by atoms with Crippen LogP contribution in [-0.2, 0) is 14.3 Å². The molecule has 2 aromatic rings. The fourth-order valence-electron chi connectivity index (χ4n) is 3.45. The monoisotopic (exact) mass is 424 g/mol. The Morgan fingerprint density at radius 2 is 1.77 bits per heavy atom. The molecule has 4 rings (SSSR count). The van der Waals surface area contributed by atoms with Crippen molar-refractivity contribution in [2.75, 3.05) is 39.9 Å². The Hall–Kier alpha value is -3.39. The first-order valence-corrected chi connectivity index (χ1v) is 9.02. The van der Waals surface area contributed by atoms with Crippen molar-refractivity contribution in [1.29, 1.82) is 0 Å². The minimum Gasteiger partial charge on any atom is -0.483 e. The van der Waals surface area contributed by atoms with Crippen LogP contribution in [0.2, 0.25) is 0 Å². The molecule has 1 spiro atoms. The average Bonchev–Trinajstić information content (AvgIpc) is 3.43. The molecule has 2 fully saturated rings. The van der Waals surface area contributed by atoms with Crippen molar-refractivity contribution in [3.05, 3.63) is 18.5 Å². The van der Waals surface area contributed by atoms with E-state index in [4.69, 9.17) is 24.5 Å². The maximum atomic E-state index is 12.8. The Morgan fingerprint density at radius 3 is 2.37 bits per heavy atom. The number of aromatic amines is 1. The van der Waals surface area contributed by atoms with Crippen LogP contribution in [0.25, 0.3) is 5.95 Å². The minimum atomic E-state index is -0.250. The molecule has 3 N–H and O–H groups in total. The Balaban J connectivity index is 0.000000480. The van der Waals surface area contributed by atoms with Crippen molar-refractivity contribution in [1.82, 2.24) is 39.7 Å². The van der Waals surface area contributed by atoms with E-state index in [1.54, 1.807) is 4.57 Å². The highest BCUT2D eigenvalue weighted by atomic mass is 16.5. The summed E-state index contributed by atoms with van der Waals surface area (Å²) in [5, 5.41) is 28.0. The van der Waals surface area contributed by atoms with Gasteiger partial charge in [0, 0.05) is 38.4 Å². The zero-order valence-electron chi connectivity index (χ0n) is 16.4. The van der Waals surface area contributed by atoms with Crippen molar-refractivity contribution < 1.29 is 29.3 Å². The highest BCUT2D eigenvalue weighted by Gasteiger charge is 2.42. The molecule has 1 amide bonds. The Kier molecular flexibility index (Phi) is 8.37. The molecule has 0 saturated carbocycles. The van der Waals surface area contributed by atoms with E-state index in [1.165, 1.54) is 12.7 Å². The summed E-state index contributed by atoms with van der Waals surface area (Å²) in [7, 11) is 2.13. The number of hydrogen-bond acceptors (Lipinski definition) is 9. The van der Waals surface area contributed by atoms with Gasteiger partial charge >= 0.3 is 0 Å². The lowest BCUT2D eigenvalue weighted by molar-refractivity contribution is -0.123. The predicted molar refractivity (Wildman–Crippen MR) is 100 cm³/mol. The first kappa shape index (κ1) is 22.9. The van der Waals surface area contributed by atoms with Gasteiger partial charge in [-0.05, 0) is 19.9 Å². The van der Waals surface area contributed by atoms with Gasteiger partial charge in [0.05, 0.1) is 0 Å². The Labute approximate surface area is 171 Å². The van der Waals surface area contributed by atoms with Crippen molar-refractivity contribution in [3.63, 3.8) is 0 Å². The van der Waals surface area contributed by atoms with E-state index in [2.05, 4.69) is 37.3 Å². The molecule has 0 radical (unpaired) electrons. The molecular formula is C16H24N8O6. The fraction of sp³-hybridized carbons (Fsp3) is 0.562.